The number of aromatic amines is 2. The van der Waals surface area contributed by atoms with Crippen LogP contribution in [-0.4, -0.2) is 34.1 Å². The number of hydrogen-bond acceptors (Lipinski definition) is 4. The minimum Gasteiger partial charge on any atom is -0.453 e. The number of Topliss-reactive ketones (excluding diaryl/α,β-unsaturated/α-hetero) is 2. The Bertz CT molecular complexity index is 1050. The lowest BCUT2D eigenvalue weighted by atomic mass is 10.1. The Kier molecular flexibility index (Phi) is 4.82. The van der Waals surface area contributed by atoms with Gasteiger partial charge in [0.1, 0.15) is 5.69 Å². The van der Waals surface area contributed by atoms with Crippen LogP contribution >= 0.6 is 15.9 Å². The molecule has 0 saturated heterocycles. The predicted octanol–water partition coefficient (Wildman–Crippen LogP) is 4.12. The van der Waals surface area contributed by atoms with Gasteiger partial charge in [0.15, 0.2) is 12.4 Å². The van der Waals surface area contributed by atoms with E-state index in [4.69, 9.17) is 4.74 Å². The summed E-state index contributed by atoms with van der Waals surface area (Å²) >= 11 is 3.38. The molecule has 0 saturated carbocycles. The second-order valence-electron chi connectivity index (χ2n) is 6.04. The summed E-state index contributed by atoms with van der Waals surface area (Å²) in [5.74, 6) is -1.14. The summed E-state index contributed by atoms with van der Waals surface area (Å²) in [5, 5.41) is 0.854. The molecule has 0 amide bonds. The largest absolute Gasteiger partial charge is 0.453 e. The number of rotatable bonds is 5. The quantitative estimate of drug-likeness (QED) is 0.483. The van der Waals surface area contributed by atoms with Gasteiger partial charge in [0.2, 0.25) is 5.78 Å². The maximum atomic E-state index is 12.4. The second kappa shape index (κ2) is 6.92. The van der Waals surface area contributed by atoms with E-state index in [1.807, 2.05) is 24.3 Å². The highest BCUT2D eigenvalue weighted by molar-refractivity contribution is 9.10. The average Bonchev–Trinajstić information content (AvgIpc) is 3.09. The van der Waals surface area contributed by atoms with Crippen LogP contribution < -0.4 is 0 Å². The van der Waals surface area contributed by atoms with Crippen LogP contribution in [0.1, 0.15) is 49.5 Å². The van der Waals surface area contributed by atoms with Crippen LogP contribution in [0.2, 0.25) is 0 Å². The van der Waals surface area contributed by atoms with Gasteiger partial charge in [-0.15, -0.1) is 0 Å². The lowest BCUT2D eigenvalue weighted by Gasteiger charge is -2.04. The number of benzene rings is 1. The lowest BCUT2D eigenvalue weighted by molar-refractivity contribution is 0.0467. The van der Waals surface area contributed by atoms with Crippen molar-refractivity contribution >= 4 is 44.4 Å². The SMILES string of the molecule is CC(=O)c1c(C)[nH]c(C(=O)COC(=O)c2[nH]c3ccccc3c2Br)c1C. The molecule has 2 aromatic heterocycles. The smallest absolute Gasteiger partial charge is 0.356 e. The van der Waals surface area contributed by atoms with Crippen LogP contribution in [0.5, 0.6) is 0 Å². The summed E-state index contributed by atoms with van der Waals surface area (Å²) < 4.78 is 5.76. The van der Waals surface area contributed by atoms with Gasteiger partial charge >= 0.3 is 5.97 Å². The molecule has 2 heterocycles. The van der Waals surface area contributed by atoms with Gasteiger partial charge in [-0.05, 0) is 48.3 Å². The maximum absolute atomic E-state index is 12.4. The van der Waals surface area contributed by atoms with E-state index in [9.17, 15) is 14.4 Å². The number of aryl methyl sites for hydroxylation is 1. The average molecular weight is 417 g/mol. The zero-order valence-corrected chi connectivity index (χ0v) is 16.1. The molecule has 0 radical (unpaired) electrons. The summed E-state index contributed by atoms with van der Waals surface area (Å²) in [6.45, 7) is 4.46. The first kappa shape index (κ1) is 18.1. The number of carbonyl (C=O) groups excluding carboxylic acids is 3. The van der Waals surface area contributed by atoms with Gasteiger partial charge in [-0.25, -0.2) is 4.79 Å². The molecule has 0 aliphatic carbocycles. The third-order valence-electron chi connectivity index (χ3n) is 4.25. The number of esters is 1. The summed E-state index contributed by atoms with van der Waals surface area (Å²) in [5.41, 5.74) is 3.03. The molecule has 134 valence electrons. The molecule has 3 aromatic rings. The van der Waals surface area contributed by atoms with E-state index >= 15 is 0 Å². The van der Waals surface area contributed by atoms with E-state index in [0.29, 0.717) is 21.3 Å². The number of aromatic nitrogens is 2. The van der Waals surface area contributed by atoms with Crippen molar-refractivity contribution in [3.05, 3.63) is 56.9 Å². The van der Waals surface area contributed by atoms with Crippen molar-refractivity contribution in [2.75, 3.05) is 6.61 Å². The van der Waals surface area contributed by atoms with Crippen molar-refractivity contribution in [3.8, 4) is 0 Å². The number of H-pyrrole nitrogens is 2. The highest BCUT2D eigenvalue weighted by Gasteiger charge is 2.22. The van der Waals surface area contributed by atoms with Crippen molar-refractivity contribution < 1.29 is 19.1 Å². The van der Waals surface area contributed by atoms with Gasteiger partial charge in [-0.1, -0.05) is 18.2 Å². The summed E-state index contributed by atoms with van der Waals surface area (Å²) in [4.78, 5) is 42.3. The molecular formula is C19H17BrN2O4. The van der Waals surface area contributed by atoms with E-state index < -0.39 is 18.4 Å². The van der Waals surface area contributed by atoms with E-state index in [1.54, 1.807) is 13.8 Å². The van der Waals surface area contributed by atoms with Crippen LogP contribution in [0.15, 0.2) is 28.7 Å². The molecule has 0 fully saturated rings. The lowest BCUT2D eigenvalue weighted by Crippen LogP contribution is -2.16. The monoisotopic (exact) mass is 416 g/mol. The van der Waals surface area contributed by atoms with Crippen LogP contribution in [0.3, 0.4) is 0 Å². The van der Waals surface area contributed by atoms with Gasteiger partial charge < -0.3 is 14.7 Å². The van der Waals surface area contributed by atoms with Gasteiger partial charge in [0, 0.05) is 22.2 Å². The third-order valence-corrected chi connectivity index (χ3v) is 5.07. The predicted molar refractivity (Wildman–Crippen MR) is 101 cm³/mol. The first-order valence-electron chi connectivity index (χ1n) is 7.98. The van der Waals surface area contributed by atoms with E-state index in [1.165, 1.54) is 6.92 Å². The number of para-hydroxylation sites is 1. The van der Waals surface area contributed by atoms with Crippen molar-refractivity contribution in [3.63, 3.8) is 0 Å². The Hall–Kier alpha value is -2.67. The number of ketones is 2. The zero-order chi connectivity index (χ0) is 19.0. The molecule has 0 spiro atoms. The molecule has 6 nitrogen and oxygen atoms in total. The molecule has 0 aliphatic rings. The zero-order valence-electron chi connectivity index (χ0n) is 14.5. The number of hydrogen-bond donors (Lipinski definition) is 2. The molecule has 3 rings (SSSR count). The minimum absolute atomic E-state index is 0.116. The van der Waals surface area contributed by atoms with Crippen LogP contribution in [0.4, 0.5) is 0 Å². The Morgan fingerprint density at radius 3 is 2.38 bits per heavy atom. The number of nitrogens with one attached hydrogen (secondary N) is 2. The molecule has 0 atom stereocenters. The fourth-order valence-corrected chi connectivity index (χ4v) is 3.69. The summed E-state index contributed by atoms with van der Waals surface area (Å²) in [6.07, 6.45) is 0. The van der Waals surface area contributed by atoms with E-state index in [2.05, 4.69) is 25.9 Å². The maximum Gasteiger partial charge on any atom is 0.356 e. The van der Waals surface area contributed by atoms with Crippen LogP contribution in [0, 0.1) is 13.8 Å². The van der Waals surface area contributed by atoms with Crippen molar-refractivity contribution in [1.29, 1.82) is 0 Å². The number of halogens is 1. The molecule has 0 aliphatic heterocycles. The standard InChI is InChI=1S/C19H17BrN2O4/c1-9-15(11(3)23)10(2)21-17(9)14(24)8-26-19(25)18-16(20)12-6-4-5-7-13(12)22-18/h4-7,21-22H,8H2,1-3H3. The first-order chi connectivity index (χ1) is 12.3. The summed E-state index contributed by atoms with van der Waals surface area (Å²) in [7, 11) is 0. The first-order valence-corrected chi connectivity index (χ1v) is 8.77. The molecule has 26 heavy (non-hydrogen) atoms. The van der Waals surface area contributed by atoms with Gasteiger partial charge in [0.05, 0.1) is 10.2 Å². The topological polar surface area (TPSA) is 92.0 Å². The highest BCUT2D eigenvalue weighted by Crippen LogP contribution is 2.28. The Labute approximate surface area is 158 Å². The van der Waals surface area contributed by atoms with Crippen molar-refractivity contribution in [2.24, 2.45) is 0 Å². The Morgan fingerprint density at radius 2 is 1.77 bits per heavy atom. The second-order valence-corrected chi connectivity index (χ2v) is 6.83. The molecule has 0 unspecified atom stereocenters. The highest BCUT2D eigenvalue weighted by atomic mass is 79.9. The van der Waals surface area contributed by atoms with E-state index in [-0.39, 0.29) is 17.2 Å². The van der Waals surface area contributed by atoms with Gasteiger partial charge in [0.25, 0.3) is 0 Å². The third kappa shape index (κ3) is 3.10. The molecule has 7 heteroatoms. The van der Waals surface area contributed by atoms with Gasteiger partial charge in [-0.3, -0.25) is 9.59 Å². The molecule has 0 bridgehead atoms. The van der Waals surface area contributed by atoms with Crippen molar-refractivity contribution in [2.45, 2.75) is 20.8 Å². The Balaban J connectivity index is 1.77. The number of carbonyl (C=O) groups is 3. The molecule has 2 N–H and O–H groups in total. The minimum atomic E-state index is -0.630. The fourth-order valence-electron chi connectivity index (χ4n) is 3.08. The Morgan fingerprint density at radius 1 is 1.08 bits per heavy atom. The van der Waals surface area contributed by atoms with Crippen molar-refractivity contribution in [1.82, 2.24) is 9.97 Å². The normalized spacial score (nSPS) is 10.9. The van der Waals surface area contributed by atoms with E-state index in [0.717, 1.165) is 10.9 Å². The van der Waals surface area contributed by atoms with Gasteiger partial charge in [-0.2, -0.15) is 0 Å². The molecular weight excluding hydrogens is 400 g/mol. The number of fused-ring (bicyclic) bond motifs is 1. The van der Waals surface area contributed by atoms with Crippen LogP contribution in [0.25, 0.3) is 10.9 Å². The fraction of sp³-hybridized carbons (Fsp3) is 0.211. The van der Waals surface area contributed by atoms with Crippen LogP contribution in [-0.2, 0) is 4.74 Å². The molecule has 1 aromatic carbocycles. The summed E-state index contributed by atoms with van der Waals surface area (Å²) in [6, 6.07) is 7.43. The number of ether oxygens (including phenoxy) is 1.